The molecule has 0 spiro atoms. The Balaban J connectivity index is 0.00000161. The lowest BCUT2D eigenvalue weighted by Crippen LogP contribution is -2.54. The van der Waals surface area contributed by atoms with Crippen LogP contribution in [-0.2, 0) is 16.7 Å². The van der Waals surface area contributed by atoms with Gasteiger partial charge in [-0.3, -0.25) is 9.45 Å². The van der Waals surface area contributed by atoms with Crippen LogP contribution in [0.1, 0.15) is 31.2 Å². The minimum Gasteiger partial charge on any atom is -0.372 e. The number of benzene rings is 1. The van der Waals surface area contributed by atoms with Crippen LogP contribution in [0.4, 0.5) is 0 Å². The van der Waals surface area contributed by atoms with Crippen molar-refractivity contribution in [3.8, 4) is 0 Å². The topological polar surface area (TPSA) is 77.8 Å². The number of halogens is 1. The minimum atomic E-state index is -4.42. The first-order valence-corrected chi connectivity index (χ1v) is 8.32. The highest BCUT2D eigenvalue weighted by atomic mass is 35.5. The quantitative estimate of drug-likeness (QED) is 0.825. The van der Waals surface area contributed by atoms with Crippen molar-refractivity contribution in [2.45, 2.75) is 49.2 Å². The van der Waals surface area contributed by atoms with Crippen LogP contribution >= 0.6 is 12.4 Å². The standard InChI is InChI=1S/C14H19NO4S.ClH/c16-14(20(17,18)19)8-12-6-7-13(9-14)15(12)10-11-4-2-1-3-5-11;/h1-5,12-13,16H,6-10H2,(H,17,18,19);1H. The number of aliphatic hydroxyl groups is 1. The van der Waals surface area contributed by atoms with E-state index in [1.165, 1.54) is 5.56 Å². The molecule has 5 nitrogen and oxygen atoms in total. The Hall–Kier alpha value is -0.660. The summed E-state index contributed by atoms with van der Waals surface area (Å²) in [6.07, 6.45) is 1.93. The molecule has 21 heavy (non-hydrogen) atoms. The fraction of sp³-hybridized carbons (Fsp3) is 0.571. The van der Waals surface area contributed by atoms with Gasteiger partial charge in [0.15, 0.2) is 4.93 Å². The zero-order valence-corrected chi connectivity index (χ0v) is 13.2. The van der Waals surface area contributed by atoms with E-state index in [0.717, 1.165) is 19.4 Å². The molecule has 2 aliphatic heterocycles. The molecule has 1 aromatic rings. The molecule has 0 aliphatic carbocycles. The van der Waals surface area contributed by atoms with Crippen molar-refractivity contribution in [1.29, 1.82) is 0 Å². The van der Waals surface area contributed by atoms with Crippen LogP contribution in [0.25, 0.3) is 0 Å². The lowest BCUT2D eigenvalue weighted by molar-refractivity contribution is -0.00337. The normalized spacial score (nSPS) is 32.7. The van der Waals surface area contributed by atoms with Gasteiger partial charge in [-0.25, -0.2) is 0 Å². The molecule has 0 radical (unpaired) electrons. The van der Waals surface area contributed by atoms with Crippen LogP contribution in [-0.4, -0.2) is 40.0 Å². The fourth-order valence-corrected chi connectivity index (χ4v) is 4.34. The van der Waals surface area contributed by atoms with Gasteiger partial charge >= 0.3 is 0 Å². The molecule has 2 heterocycles. The van der Waals surface area contributed by atoms with Gasteiger partial charge < -0.3 is 5.11 Å². The van der Waals surface area contributed by atoms with E-state index in [2.05, 4.69) is 4.90 Å². The Morgan fingerprint density at radius 3 is 2.14 bits per heavy atom. The summed E-state index contributed by atoms with van der Waals surface area (Å²) < 4.78 is 32.0. The molecule has 0 aromatic heterocycles. The van der Waals surface area contributed by atoms with Crippen LogP contribution < -0.4 is 0 Å². The van der Waals surface area contributed by atoms with Gasteiger partial charge in [0.25, 0.3) is 10.1 Å². The Morgan fingerprint density at radius 1 is 1.14 bits per heavy atom. The predicted molar refractivity (Wildman–Crippen MR) is 81.8 cm³/mol. The molecular formula is C14H20ClNO4S. The largest absolute Gasteiger partial charge is 0.372 e. The third-order valence-corrected chi connectivity index (χ3v) is 5.86. The maximum atomic E-state index is 11.4. The fourth-order valence-electron chi connectivity index (χ4n) is 3.54. The van der Waals surface area contributed by atoms with E-state index in [0.29, 0.717) is 0 Å². The molecule has 1 aromatic carbocycles. The Kier molecular flexibility index (Phi) is 4.66. The van der Waals surface area contributed by atoms with E-state index in [4.69, 9.17) is 0 Å². The molecule has 2 aliphatic rings. The van der Waals surface area contributed by atoms with Gasteiger partial charge in [-0.15, -0.1) is 12.4 Å². The van der Waals surface area contributed by atoms with Crippen LogP contribution in [0.15, 0.2) is 30.3 Å². The minimum absolute atomic E-state index is 0. The van der Waals surface area contributed by atoms with Gasteiger partial charge in [0.05, 0.1) is 0 Å². The first-order valence-electron chi connectivity index (χ1n) is 6.88. The van der Waals surface area contributed by atoms with E-state index in [-0.39, 0.29) is 37.3 Å². The van der Waals surface area contributed by atoms with E-state index in [9.17, 15) is 18.1 Å². The smallest absolute Gasteiger partial charge is 0.295 e. The highest BCUT2D eigenvalue weighted by Crippen LogP contribution is 2.43. The Morgan fingerprint density at radius 2 is 1.67 bits per heavy atom. The van der Waals surface area contributed by atoms with Crippen LogP contribution in [0, 0.1) is 0 Å². The molecule has 2 bridgehead atoms. The summed E-state index contributed by atoms with van der Waals surface area (Å²) in [5.74, 6) is 0. The molecule has 2 fully saturated rings. The maximum Gasteiger partial charge on any atom is 0.295 e. The zero-order chi connectivity index (χ0) is 14.4. The summed E-state index contributed by atoms with van der Waals surface area (Å²) in [5.41, 5.74) is 1.18. The number of hydrogen-bond acceptors (Lipinski definition) is 4. The van der Waals surface area contributed by atoms with Gasteiger partial charge in [0.2, 0.25) is 0 Å². The molecule has 2 atom stereocenters. The second kappa shape index (κ2) is 5.85. The van der Waals surface area contributed by atoms with Gasteiger partial charge in [-0.1, -0.05) is 30.3 Å². The molecule has 0 saturated carbocycles. The first-order chi connectivity index (χ1) is 9.39. The third kappa shape index (κ3) is 3.10. The maximum absolute atomic E-state index is 11.4. The molecule has 0 amide bonds. The lowest BCUT2D eigenvalue weighted by atomic mass is 9.98. The average Bonchev–Trinajstić information content (AvgIpc) is 2.63. The molecule has 118 valence electrons. The molecular weight excluding hydrogens is 314 g/mol. The van der Waals surface area contributed by atoms with Crippen LogP contribution in [0.5, 0.6) is 0 Å². The number of hydrogen-bond donors (Lipinski definition) is 2. The average molecular weight is 334 g/mol. The third-order valence-electron chi connectivity index (χ3n) is 4.57. The zero-order valence-electron chi connectivity index (χ0n) is 11.6. The Bertz CT molecular complexity index is 578. The van der Waals surface area contributed by atoms with Crippen LogP contribution in [0.3, 0.4) is 0 Å². The predicted octanol–water partition coefficient (Wildman–Crippen LogP) is 1.81. The summed E-state index contributed by atoms with van der Waals surface area (Å²) in [6, 6.07) is 10.0. The van der Waals surface area contributed by atoms with Crippen molar-refractivity contribution in [2.75, 3.05) is 0 Å². The highest BCUT2D eigenvalue weighted by molar-refractivity contribution is 7.87. The van der Waals surface area contributed by atoms with Gasteiger partial charge in [-0.2, -0.15) is 8.42 Å². The molecule has 7 heteroatoms. The monoisotopic (exact) mass is 333 g/mol. The van der Waals surface area contributed by atoms with Crippen molar-refractivity contribution < 1.29 is 18.1 Å². The number of rotatable bonds is 3. The highest BCUT2D eigenvalue weighted by Gasteiger charge is 2.53. The summed E-state index contributed by atoms with van der Waals surface area (Å²) in [7, 11) is -4.42. The molecule has 2 unspecified atom stereocenters. The van der Waals surface area contributed by atoms with Crippen molar-refractivity contribution in [3.63, 3.8) is 0 Å². The van der Waals surface area contributed by atoms with Crippen molar-refractivity contribution in [3.05, 3.63) is 35.9 Å². The SMILES string of the molecule is Cl.O=S(=O)(O)C1(O)CC2CCC(C1)N2Cc1ccccc1. The van der Waals surface area contributed by atoms with Crippen molar-refractivity contribution in [2.24, 2.45) is 0 Å². The van der Waals surface area contributed by atoms with E-state index < -0.39 is 15.1 Å². The van der Waals surface area contributed by atoms with E-state index in [1.807, 2.05) is 30.3 Å². The van der Waals surface area contributed by atoms with E-state index in [1.54, 1.807) is 0 Å². The molecule has 3 rings (SSSR count). The molecule has 2 N–H and O–H groups in total. The van der Waals surface area contributed by atoms with Crippen LogP contribution in [0.2, 0.25) is 0 Å². The van der Waals surface area contributed by atoms with Gasteiger partial charge in [0.1, 0.15) is 0 Å². The lowest BCUT2D eigenvalue weighted by Gasteiger charge is -2.42. The molecule has 2 saturated heterocycles. The van der Waals surface area contributed by atoms with Crippen molar-refractivity contribution in [1.82, 2.24) is 4.90 Å². The van der Waals surface area contributed by atoms with Gasteiger partial charge in [-0.05, 0) is 18.4 Å². The summed E-state index contributed by atoms with van der Waals surface area (Å²) in [4.78, 5) is 0.293. The van der Waals surface area contributed by atoms with E-state index >= 15 is 0 Å². The van der Waals surface area contributed by atoms with Gasteiger partial charge in [0, 0.05) is 31.5 Å². The second-order valence-corrected chi connectivity index (χ2v) is 7.58. The summed E-state index contributed by atoms with van der Waals surface area (Å²) in [6.45, 7) is 0.762. The number of piperidine rings is 1. The Labute approximate surface area is 131 Å². The van der Waals surface area contributed by atoms with Crippen molar-refractivity contribution >= 4 is 22.5 Å². The summed E-state index contributed by atoms with van der Waals surface area (Å²) in [5, 5.41) is 10.2. The number of nitrogens with zero attached hydrogens (tertiary/aromatic N) is 1. The second-order valence-electron chi connectivity index (χ2n) is 5.87. The number of fused-ring (bicyclic) bond motifs is 2. The first kappa shape index (κ1) is 16.7. The summed E-state index contributed by atoms with van der Waals surface area (Å²) >= 11 is 0.